The Kier molecular flexibility index (Phi) is 6.69. The maximum Gasteiger partial charge on any atom is 0.223 e. The first-order chi connectivity index (χ1) is 8.58. The van der Waals surface area contributed by atoms with E-state index in [1.807, 2.05) is 0 Å². The summed E-state index contributed by atoms with van der Waals surface area (Å²) in [5.41, 5.74) is 0. The molecule has 0 aromatic carbocycles. The molecule has 0 bridgehead atoms. The van der Waals surface area contributed by atoms with Gasteiger partial charge in [0.25, 0.3) is 0 Å². The minimum atomic E-state index is -0.397. The van der Waals surface area contributed by atoms with Crippen LogP contribution < -0.4 is 5.32 Å². The van der Waals surface area contributed by atoms with Gasteiger partial charge in [0.1, 0.15) is 0 Å². The van der Waals surface area contributed by atoms with Crippen LogP contribution in [0.2, 0.25) is 0 Å². The van der Waals surface area contributed by atoms with Crippen molar-refractivity contribution >= 4 is 5.91 Å². The van der Waals surface area contributed by atoms with Gasteiger partial charge in [-0.15, -0.1) is 0 Å². The quantitative estimate of drug-likeness (QED) is 0.766. The summed E-state index contributed by atoms with van der Waals surface area (Å²) in [6.07, 6.45) is 5.87. The van der Waals surface area contributed by atoms with Gasteiger partial charge in [0.15, 0.2) is 0 Å². The molecule has 0 heterocycles. The lowest BCUT2D eigenvalue weighted by Crippen LogP contribution is -2.40. The highest BCUT2D eigenvalue weighted by molar-refractivity contribution is 5.78. The van der Waals surface area contributed by atoms with E-state index in [1.54, 1.807) is 0 Å². The molecule has 3 nitrogen and oxygen atoms in total. The Bertz CT molecular complexity index is 243. The zero-order valence-corrected chi connectivity index (χ0v) is 12.1. The highest BCUT2D eigenvalue weighted by Gasteiger charge is 2.25. The van der Waals surface area contributed by atoms with Gasteiger partial charge in [-0.05, 0) is 37.5 Å². The normalized spacial score (nSPS) is 26.1. The second-order valence-corrected chi connectivity index (χ2v) is 5.85. The van der Waals surface area contributed by atoms with E-state index in [0.29, 0.717) is 12.5 Å². The molecule has 2 N–H and O–H groups in total. The van der Waals surface area contributed by atoms with Crippen molar-refractivity contribution in [2.24, 2.45) is 17.8 Å². The molecule has 1 saturated carbocycles. The van der Waals surface area contributed by atoms with Crippen molar-refractivity contribution in [3.8, 4) is 0 Å². The van der Waals surface area contributed by atoms with Crippen molar-refractivity contribution in [2.45, 2.75) is 65.4 Å². The van der Waals surface area contributed by atoms with E-state index in [2.05, 4.69) is 26.1 Å². The van der Waals surface area contributed by atoms with Crippen molar-refractivity contribution < 1.29 is 9.90 Å². The summed E-state index contributed by atoms with van der Waals surface area (Å²) in [5, 5.41) is 12.9. The molecular weight excluding hydrogens is 226 g/mol. The molecule has 1 fully saturated rings. The van der Waals surface area contributed by atoms with Crippen LogP contribution in [0.1, 0.15) is 59.3 Å². The fourth-order valence-corrected chi connectivity index (χ4v) is 2.87. The molecule has 18 heavy (non-hydrogen) atoms. The molecule has 1 atom stereocenters. The first kappa shape index (κ1) is 15.5. The molecule has 0 saturated heterocycles. The van der Waals surface area contributed by atoms with Crippen LogP contribution in [0.25, 0.3) is 0 Å². The highest BCUT2D eigenvalue weighted by atomic mass is 16.3. The predicted molar refractivity (Wildman–Crippen MR) is 74.2 cm³/mol. The molecule has 3 heteroatoms. The van der Waals surface area contributed by atoms with E-state index >= 15 is 0 Å². The van der Waals surface area contributed by atoms with E-state index in [-0.39, 0.29) is 11.8 Å². The Balaban J connectivity index is 2.28. The molecular formula is C15H29NO2. The number of nitrogens with one attached hydrogen (secondary N) is 1. The fraction of sp³-hybridized carbons (Fsp3) is 0.933. The van der Waals surface area contributed by atoms with Crippen LogP contribution in [-0.2, 0) is 4.79 Å². The summed E-state index contributed by atoms with van der Waals surface area (Å²) in [6.45, 7) is 6.84. The number of hydrogen-bond acceptors (Lipinski definition) is 2. The Morgan fingerprint density at radius 1 is 1.22 bits per heavy atom. The molecule has 0 radical (unpaired) electrons. The van der Waals surface area contributed by atoms with Crippen LogP contribution in [0.5, 0.6) is 0 Å². The third-order valence-corrected chi connectivity index (χ3v) is 4.46. The summed E-state index contributed by atoms with van der Waals surface area (Å²) in [5.74, 6) is 1.39. The minimum Gasteiger partial charge on any atom is -0.391 e. The molecule has 0 aromatic rings. The second kappa shape index (κ2) is 7.78. The Morgan fingerprint density at radius 3 is 2.28 bits per heavy atom. The van der Waals surface area contributed by atoms with Crippen molar-refractivity contribution in [1.82, 2.24) is 5.32 Å². The zero-order valence-electron chi connectivity index (χ0n) is 12.1. The van der Waals surface area contributed by atoms with Crippen LogP contribution in [-0.4, -0.2) is 23.7 Å². The van der Waals surface area contributed by atoms with Crippen molar-refractivity contribution in [3.05, 3.63) is 0 Å². The third kappa shape index (κ3) is 4.60. The number of amides is 1. The minimum absolute atomic E-state index is 0.145. The first-order valence-electron chi connectivity index (χ1n) is 7.54. The molecule has 1 aliphatic rings. The van der Waals surface area contributed by atoms with Gasteiger partial charge in [-0.2, -0.15) is 0 Å². The third-order valence-electron chi connectivity index (χ3n) is 4.46. The average Bonchev–Trinajstić information content (AvgIpc) is 2.38. The maximum atomic E-state index is 12.0. The van der Waals surface area contributed by atoms with Crippen molar-refractivity contribution in [1.29, 1.82) is 0 Å². The lowest BCUT2D eigenvalue weighted by atomic mass is 9.82. The van der Waals surface area contributed by atoms with Gasteiger partial charge in [0, 0.05) is 12.5 Å². The summed E-state index contributed by atoms with van der Waals surface area (Å²) in [6, 6.07) is 0. The van der Waals surface area contributed by atoms with E-state index < -0.39 is 6.10 Å². The first-order valence-corrected chi connectivity index (χ1v) is 7.54. The van der Waals surface area contributed by atoms with Crippen LogP contribution in [0.3, 0.4) is 0 Å². The molecule has 0 spiro atoms. The monoisotopic (exact) mass is 255 g/mol. The van der Waals surface area contributed by atoms with Gasteiger partial charge in [0.2, 0.25) is 5.91 Å². The Morgan fingerprint density at radius 2 is 1.78 bits per heavy atom. The van der Waals surface area contributed by atoms with E-state index in [9.17, 15) is 9.90 Å². The van der Waals surface area contributed by atoms with E-state index in [1.165, 1.54) is 0 Å². The molecule has 1 unspecified atom stereocenters. The molecule has 0 aromatic heterocycles. The van der Waals surface area contributed by atoms with Gasteiger partial charge in [-0.1, -0.05) is 33.6 Å². The van der Waals surface area contributed by atoms with Crippen LogP contribution in [0.4, 0.5) is 0 Å². The van der Waals surface area contributed by atoms with Gasteiger partial charge in [-0.3, -0.25) is 4.79 Å². The number of rotatable bonds is 6. The van der Waals surface area contributed by atoms with E-state index in [4.69, 9.17) is 0 Å². The van der Waals surface area contributed by atoms with Crippen LogP contribution in [0.15, 0.2) is 0 Å². The van der Waals surface area contributed by atoms with Crippen LogP contribution >= 0.6 is 0 Å². The number of carbonyl (C=O) groups excluding carboxylic acids is 1. The summed E-state index contributed by atoms with van der Waals surface area (Å²) in [4.78, 5) is 12.0. The highest BCUT2D eigenvalue weighted by Crippen LogP contribution is 2.28. The average molecular weight is 255 g/mol. The number of aliphatic hydroxyl groups is 1. The lowest BCUT2D eigenvalue weighted by Gasteiger charge is -2.26. The largest absolute Gasteiger partial charge is 0.391 e. The molecule has 1 amide bonds. The number of aliphatic hydroxyl groups excluding tert-OH is 1. The zero-order chi connectivity index (χ0) is 13.5. The molecule has 0 aliphatic heterocycles. The topological polar surface area (TPSA) is 49.3 Å². The van der Waals surface area contributed by atoms with E-state index in [0.717, 1.165) is 44.4 Å². The van der Waals surface area contributed by atoms with Crippen molar-refractivity contribution in [2.75, 3.05) is 6.54 Å². The Labute approximate surface area is 111 Å². The smallest absolute Gasteiger partial charge is 0.223 e. The number of hydrogen-bond donors (Lipinski definition) is 2. The van der Waals surface area contributed by atoms with Gasteiger partial charge < -0.3 is 10.4 Å². The second-order valence-electron chi connectivity index (χ2n) is 5.85. The van der Waals surface area contributed by atoms with Gasteiger partial charge >= 0.3 is 0 Å². The summed E-state index contributed by atoms with van der Waals surface area (Å²) in [7, 11) is 0. The van der Waals surface area contributed by atoms with Crippen molar-refractivity contribution in [3.63, 3.8) is 0 Å². The Hall–Kier alpha value is -0.570. The number of carbonyl (C=O) groups is 1. The van der Waals surface area contributed by atoms with Gasteiger partial charge in [0.05, 0.1) is 6.10 Å². The van der Waals surface area contributed by atoms with Gasteiger partial charge in [-0.25, -0.2) is 0 Å². The van der Waals surface area contributed by atoms with Crippen LogP contribution in [0, 0.1) is 17.8 Å². The molecule has 106 valence electrons. The predicted octanol–water partition coefficient (Wildman–Crippen LogP) is 2.73. The molecule has 1 aliphatic carbocycles. The summed E-state index contributed by atoms with van der Waals surface area (Å²) >= 11 is 0. The maximum absolute atomic E-state index is 12.0. The lowest BCUT2D eigenvalue weighted by molar-refractivity contribution is -0.126. The summed E-state index contributed by atoms with van der Waals surface area (Å²) < 4.78 is 0. The fourth-order valence-electron chi connectivity index (χ4n) is 2.87. The SMILES string of the molecule is CCC(CC)C(O)CNC(=O)C1CCC(C)CC1. The molecule has 1 rings (SSSR count). The standard InChI is InChI=1S/C15H29NO2/c1-4-12(5-2)14(17)10-16-15(18)13-8-6-11(3)7-9-13/h11-14,17H,4-10H2,1-3H3,(H,16,18).